The topological polar surface area (TPSA) is 67.9 Å². The summed E-state index contributed by atoms with van der Waals surface area (Å²) in [5.74, 6) is 0.937. The van der Waals surface area contributed by atoms with Crippen LogP contribution in [-0.4, -0.2) is 44.0 Å². The molecule has 1 atom stereocenters. The van der Waals surface area contributed by atoms with Crippen molar-refractivity contribution in [3.8, 4) is 11.5 Å². The number of hydrogen-bond donors (Lipinski definition) is 1. The third-order valence-electron chi connectivity index (χ3n) is 5.74. The van der Waals surface area contributed by atoms with Crippen molar-refractivity contribution in [3.05, 3.63) is 59.2 Å². The monoisotopic (exact) mass is 410 g/mol. The number of hydrogen-bond acceptors (Lipinski definition) is 4. The highest BCUT2D eigenvalue weighted by Gasteiger charge is 2.39. The Morgan fingerprint density at radius 2 is 1.83 bits per heavy atom. The van der Waals surface area contributed by atoms with Crippen molar-refractivity contribution in [1.82, 2.24) is 10.2 Å². The van der Waals surface area contributed by atoms with Crippen LogP contribution >= 0.6 is 0 Å². The van der Waals surface area contributed by atoms with Gasteiger partial charge in [-0.25, -0.2) is 0 Å². The number of methoxy groups -OCH3 is 2. The Labute approximate surface area is 178 Å². The van der Waals surface area contributed by atoms with Crippen LogP contribution in [0.1, 0.15) is 41.3 Å². The Morgan fingerprint density at radius 3 is 2.50 bits per heavy atom. The molecular formula is C24H30N2O4. The van der Waals surface area contributed by atoms with Gasteiger partial charge >= 0.3 is 0 Å². The Balaban J connectivity index is 1.69. The highest BCUT2D eigenvalue weighted by molar-refractivity contribution is 5.97. The van der Waals surface area contributed by atoms with Crippen molar-refractivity contribution in [2.24, 2.45) is 5.41 Å². The average molecular weight is 411 g/mol. The zero-order valence-corrected chi connectivity index (χ0v) is 18.2. The van der Waals surface area contributed by atoms with E-state index < -0.39 is 5.41 Å². The van der Waals surface area contributed by atoms with Crippen LogP contribution in [-0.2, 0) is 11.3 Å². The van der Waals surface area contributed by atoms with Crippen LogP contribution < -0.4 is 14.8 Å². The van der Waals surface area contributed by atoms with Crippen LogP contribution in [0.3, 0.4) is 0 Å². The van der Waals surface area contributed by atoms with Gasteiger partial charge in [0.1, 0.15) is 11.5 Å². The zero-order chi connectivity index (χ0) is 21.7. The number of carbonyl (C=O) groups excluding carboxylic acids is 2. The van der Waals surface area contributed by atoms with Gasteiger partial charge in [0.25, 0.3) is 5.91 Å². The van der Waals surface area contributed by atoms with Gasteiger partial charge in [0.15, 0.2) is 0 Å². The molecule has 1 heterocycles. The predicted molar refractivity (Wildman–Crippen MR) is 116 cm³/mol. The van der Waals surface area contributed by atoms with Gasteiger partial charge in [-0.3, -0.25) is 9.59 Å². The standard InChI is InChI=1S/C24H30N2O4/c1-17-6-8-18(9-7-17)15-25-23(28)24(2)12-5-13-26(16-24)22(27)20-11-10-19(29-3)14-21(20)30-4/h6-11,14H,5,12-13,15-16H2,1-4H3,(H,25,28). The van der Waals surface area contributed by atoms with Crippen molar-refractivity contribution in [1.29, 1.82) is 0 Å². The predicted octanol–water partition coefficient (Wildman–Crippen LogP) is 3.57. The molecule has 6 nitrogen and oxygen atoms in total. The smallest absolute Gasteiger partial charge is 0.257 e. The van der Waals surface area contributed by atoms with E-state index in [4.69, 9.17) is 9.47 Å². The fraction of sp³-hybridized carbons (Fsp3) is 0.417. The summed E-state index contributed by atoms with van der Waals surface area (Å²) in [7, 11) is 3.10. The number of ether oxygens (including phenoxy) is 2. The van der Waals surface area contributed by atoms with Gasteiger partial charge < -0.3 is 19.7 Å². The molecule has 1 unspecified atom stereocenters. The van der Waals surface area contributed by atoms with Gasteiger partial charge in [0.2, 0.25) is 5.91 Å². The number of carbonyl (C=O) groups is 2. The third kappa shape index (κ3) is 4.75. The number of amides is 2. The molecule has 0 aliphatic carbocycles. The first-order valence-corrected chi connectivity index (χ1v) is 10.2. The molecule has 0 saturated carbocycles. The molecule has 1 aliphatic heterocycles. The number of nitrogens with zero attached hydrogens (tertiary/aromatic N) is 1. The lowest BCUT2D eigenvalue weighted by atomic mass is 9.80. The maximum atomic E-state index is 13.2. The van der Waals surface area contributed by atoms with E-state index in [2.05, 4.69) is 5.32 Å². The molecule has 160 valence electrons. The molecule has 30 heavy (non-hydrogen) atoms. The maximum Gasteiger partial charge on any atom is 0.257 e. The number of nitrogens with one attached hydrogen (secondary N) is 1. The summed E-state index contributed by atoms with van der Waals surface area (Å²) in [6.07, 6.45) is 1.52. The summed E-state index contributed by atoms with van der Waals surface area (Å²) in [4.78, 5) is 27.9. The summed E-state index contributed by atoms with van der Waals surface area (Å²) >= 11 is 0. The fourth-order valence-electron chi connectivity index (χ4n) is 3.85. The minimum Gasteiger partial charge on any atom is -0.497 e. The maximum absolute atomic E-state index is 13.2. The Morgan fingerprint density at radius 1 is 1.10 bits per heavy atom. The lowest BCUT2D eigenvalue weighted by Gasteiger charge is -2.39. The lowest BCUT2D eigenvalue weighted by Crippen LogP contribution is -2.51. The van der Waals surface area contributed by atoms with Gasteiger partial charge in [-0.05, 0) is 44.4 Å². The summed E-state index contributed by atoms with van der Waals surface area (Å²) in [5.41, 5.74) is 2.09. The number of aryl methyl sites for hydroxylation is 1. The zero-order valence-electron chi connectivity index (χ0n) is 18.2. The van der Waals surface area contributed by atoms with Crippen molar-refractivity contribution in [3.63, 3.8) is 0 Å². The molecule has 1 N–H and O–H groups in total. The van der Waals surface area contributed by atoms with Gasteiger partial charge in [0, 0.05) is 25.7 Å². The highest BCUT2D eigenvalue weighted by atomic mass is 16.5. The van der Waals surface area contributed by atoms with Crippen LogP contribution in [0.25, 0.3) is 0 Å². The second kappa shape index (κ2) is 9.20. The number of benzene rings is 2. The van der Waals surface area contributed by atoms with E-state index in [0.29, 0.717) is 36.7 Å². The van der Waals surface area contributed by atoms with Gasteiger partial charge in [0.05, 0.1) is 25.2 Å². The summed E-state index contributed by atoms with van der Waals surface area (Å²) in [5, 5.41) is 3.05. The van der Waals surface area contributed by atoms with Crippen molar-refractivity contribution >= 4 is 11.8 Å². The van der Waals surface area contributed by atoms with E-state index in [9.17, 15) is 9.59 Å². The molecule has 0 spiro atoms. The largest absolute Gasteiger partial charge is 0.497 e. The molecule has 0 bridgehead atoms. The molecule has 1 saturated heterocycles. The van der Waals surface area contributed by atoms with Gasteiger partial charge in [-0.2, -0.15) is 0 Å². The van der Waals surface area contributed by atoms with Crippen LogP contribution in [0.4, 0.5) is 0 Å². The lowest BCUT2D eigenvalue weighted by molar-refractivity contribution is -0.132. The van der Waals surface area contributed by atoms with Gasteiger partial charge in [-0.15, -0.1) is 0 Å². The minimum atomic E-state index is -0.627. The molecule has 1 fully saturated rings. The molecule has 2 amide bonds. The fourth-order valence-corrected chi connectivity index (χ4v) is 3.85. The minimum absolute atomic E-state index is 0.0257. The first-order valence-electron chi connectivity index (χ1n) is 10.2. The second-order valence-corrected chi connectivity index (χ2v) is 8.13. The number of piperidine rings is 1. The molecule has 0 aromatic heterocycles. The van der Waals surface area contributed by atoms with E-state index in [0.717, 1.165) is 18.4 Å². The molecule has 2 aromatic carbocycles. The molecule has 6 heteroatoms. The first-order chi connectivity index (χ1) is 14.4. The molecule has 1 aliphatic rings. The van der Waals surface area contributed by atoms with E-state index in [1.165, 1.54) is 12.7 Å². The summed E-state index contributed by atoms with van der Waals surface area (Å²) in [6, 6.07) is 13.3. The van der Waals surface area contributed by atoms with Crippen LogP contribution in [0, 0.1) is 12.3 Å². The van der Waals surface area contributed by atoms with E-state index in [1.54, 1.807) is 30.2 Å². The van der Waals surface area contributed by atoms with Crippen LogP contribution in [0.15, 0.2) is 42.5 Å². The normalized spacial score (nSPS) is 18.6. The van der Waals surface area contributed by atoms with E-state index >= 15 is 0 Å². The Hall–Kier alpha value is -3.02. The second-order valence-electron chi connectivity index (χ2n) is 8.13. The van der Waals surface area contributed by atoms with E-state index in [-0.39, 0.29) is 11.8 Å². The average Bonchev–Trinajstić information content (AvgIpc) is 2.77. The summed E-state index contributed by atoms with van der Waals surface area (Å²) < 4.78 is 10.6. The Kier molecular flexibility index (Phi) is 6.65. The molecule has 2 aromatic rings. The van der Waals surface area contributed by atoms with Crippen molar-refractivity contribution in [2.45, 2.75) is 33.2 Å². The third-order valence-corrected chi connectivity index (χ3v) is 5.74. The molecule has 0 radical (unpaired) electrons. The Bertz CT molecular complexity index is 910. The highest BCUT2D eigenvalue weighted by Crippen LogP contribution is 2.32. The van der Waals surface area contributed by atoms with Gasteiger partial charge in [-0.1, -0.05) is 29.8 Å². The number of rotatable bonds is 6. The number of likely N-dealkylation sites (tertiary alicyclic amines) is 1. The van der Waals surface area contributed by atoms with Crippen molar-refractivity contribution < 1.29 is 19.1 Å². The first kappa shape index (κ1) is 21.7. The summed E-state index contributed by atoms with van der Waals surface area (Å²) in [6.45, 7) is 5.45. The SMILES string of the molecule is COc1ccc(C(=O)N2CCCC(C)(C(=O)NCc3ccc(C)cc3)C2)c(OC)c1. The van der Waals surface area contributed by atoms with E-state index in [1.807, 2.05) is 38.1 Å². The quantitative estimate of drug-likeness (QED) is 0.791. The van der Waals surface area contributed by atoms with Crippen LogP contribution in [0.5, 0.6) is 11.5 Å². The van der Waals surface area contributed by atoms with Crippen molar-refractivity contribution in [2.75, 3.05) is 27.3 Å². The van der Waals surface area contributed by atoms with Crippen LogP contribution in [0.2, 0.25) is 0 Å². The molecular weight excluding hydrogens is 380 g/mol. The molecule has 3 rings (SSSR count).